The van der Waals surface area contributed by atoms with Gasteiger partial charge < -0.3 is 40.8 Å². The average Bonchev–Trinajstić information content (AvgIpc) is 3.24. The Bertz CT molecular complexity index is 3170. The highest BCUT2D eigenvalue weighted by Gasteiger charge is 2.29. The number of benzene rings is 5. The van der Waals surface area contributed by atoms with Crippen molar-refractivity contribution < 1.29 is 43.7 Å². The second-order valence-corrected chi connectivity index (χ2v) is 14.0. The molecule has 4 aromatic carbocycles. The molecule has 15 nitrogen and oxygen atoms in total. The van der Waals surface area contributed by atoms with Crippen molar-refractivity contribution in [1.29, 1.82) is 0 Å². The molecular formula is C44H30ClN5O10. The molecule has 2 aromatic heterocycles. The number of aromatic carboxylic acids is 3. The summed E-state index contributed by atoms with van der Waals surface area (Å²) < 4.78 is 11.8. The number of anilines is 3. The van der Waals surface area contributed by atoms with Gasteiger partial charge in [0, 0.05) is 51.6 Å². The number of aromatic nitrogens is 2. The predicted molar refractivity (Wildman–Crippen MR) is 224 cm³/mol. The number of hydrogen-bond donors (Lipinski definition) is 6. The number of carbonyl (C=O) groups excluding carboxylic acids is 1. The van der Waals surface area contributed by atoms with Gasteiger partial charge >= 0.3 is 23.9 Å². The number of pyridine rings is 2. The SMILES string of the molecule is COC(=O)c1ccc(C(=O)O)cc1-c1c2cc(Cl)c(=O)c(CNc3cccc4ccc(C(=O)O)nc34)c-2oc2c(CNc3cccc4ccc(C(=O)O)nc34)c(N)ccc12. The van der Waals surface area contributed by atoms with Crippen LogP contribution in [0, 0.1) is 0 Å². The van der Waals surface area contributed by atoms with Gasteiger partial charge in [0.25, 0.3) is 0 Å². The Balaban J connectivity index is 1.37. The summed E-state index contributed by atoms with van der Waals surface area (Å²) >= 11 is 6.68. The number of rotatable bonds is 11. The topological polar surface area (TPSA) is 244 Å². The molecule has 0 spiro atoms. The van der Waals surface area contributed by atoms with Crippen LogP contribution in [0.4, 0.5) is 17.1 Å². The van der Waals surface area contributed by atoms with Crippen LogP contribution in [0.15, 0.2) is 106 Å². The Hall–Kier alpha value is -8.04. The number of nitrogens with zero attached hydrogens (tertiary/aromatic N) is 2. The largest absolute Gasteiger partial charge is 0.478 e. The lowest BCUT2D eigenvalue weighted by molar-refractivity contribution is 0.0598. The summed E-state index contributed by atoms with van der Waals surface area (Å²) in [5.74, 6) is -4.46. The van der Waals surface area contributed by atoms with Crippen LogP contribution in [0.2, 0.25) is 5.02 Å². The van der Waals surface area contributed by atoms with E-state index in [1.54, 1.807) is 60.7 Å². The Morgan fingerprint density at radius 3 is 1.90 bits per heavy atom. The fraction of sp³-hybridized carbons (Fsp3) is 0.0682. The van der Waals surface area contributed by atoms with Crippen molar-refractivity contribution in [2.75, 3.05) is 23.5 Å². The number of fused-ring (bicyclic) bond motifs is 4. The lowest BCUT2D eigenvalue weighted by Crippen LogP contribution is -2.17. The number of para-hydroxylation sites is 2. The van der Waals surface area contributed by atoms with Crippen LogP contribution in [0.25, 0.3) is 55.2 Å². The molecule has 0 amide bonds. The molecule has 6 aromatic rings. The minimum Gasteiger partial charge on any atom is -0.478 e. The zero-order valence-electron chi connectivity index (χ0n) is 31.2. The van der Waals surface area contributed by atoms with Gasteiger partial charge in [-0.05, 0) is 66.2 Å². The molecular weight excluding hydrogens is 794 g/mol. The van der Waals surface area contributed by atoms with E-state index in [2.05, 4.69) is 20.6 Å². The summed E-state index contributed by atoms with van der Waals surface area (Å²) in [6, 6.07) is 25.0. The van der Waals surface area contributed by atoms with Crippen molar-refractivity contribution >= 4 is 85.3 Å². The predicted octanol–water partition coefficient (Wildman–Crippen LogP) is 8.00. The van der Waals surface area contributed by atoms with Crippen LogP contribution in [-0.2, 0) is 17.8 Å². The molecule has 16 heteroatoms. The third kappa shape index (κ3) is 6.88. The summed E-state index contributed by atoms with van der Waals surface area (Å²) in [5, 5.41) is 37.2. The molecule has 0 saturated carbocycles. The van der Waals surface area contributed by atoms with E-state index in [1.165, 1.54) is 43.5 Å². The second kappa shape index (κ2) is 15.4. The van der Waals surface area contributed by atoms with E-state index in [-0.39, 0.29) is 79.9 Å². The first-order valence-electron chi connectivity index (χ1n) is 18.0. The summed E-state index contributed by atoms with van der Waals surface area (Å²) in [4.78, 5) is 72.0. The highest BCUT2D eigenvalue weighted by Crippen LogP contribution is 2.46. The van der Waals surface area contributed by atoms with Crippen molar-refractivity contribution in [3.63, 3.8) is 0 Å². The molecule has 60 heavy (non-hydrogen) atoms. The summed E-state index contributed by atoms with van der Waals surface area (Å²) in [5.41, 5.74) is 8.58. The number of nitrogen functional groups attached to an aromatic ring is 1. The molecule has 0 saturated heterocycles. The Kier molecular flexibility index (Phi) is 9.95. The van der Waals surface area contributed by atoms with Crippen molar-refractivity contribution in [3.8, 4) is 22.5 Å². The fourth-order valence-corrected chi connectivity index (χ4v) is 7.39. The summed E-state index contributed by atoms with van der Waals surface area (Å²) in [6.45, 7) is -0.237. The molecule has 2 aliphatic rings. The van der Waals surface area contributed by atoms with Crippen LogP contribution >= 0.6 is 11.6 Å². The molecule has 1 aliphatic heterocycles. The maximum absolute atomic E-state index is 14.1. The quantitative estimate of drug-likeness (QED) is 0.0411. The van der Waals surface area contributed by atoms with E-state index in [1.807, 2.05) is 0 Å². The lowest BCUT2D eigenvalue weighted by atomic mass is 9.87. The molecule has 8 rings (SSSR count). The summed E-state index contributed by atoms with van der Waals surface area (Å²) in [6.07, 6.45) is 0. The fourth-order valence-electron chi connectivity index (χ4n) is 7.16. The smallest absolute Gasteiger partial charge is 0.354 e. The minimum absolute atomic E-state index is 0.00178. The standard InChI is InChI=1S/C44H30ClN5O10/c1-59-44(58)23-11-8-22(41(52)53)16-25(23)35-24-12-13-30(46)27(18-47-31-6-2-4-20-9-14-33(42(54)55)49-36(20)31)39(24)60-40-26(35)17-29(45)38(51)28(40)19-48-32-7-3-5-21-10-15-34(43(56)57)50-37(21)32/h2-17,47-48H,18-19,46H2,1H3,(H,52,53)(H,54,55)(H,56,57). The average molecular weight is 824 g/mol. The minimum atomic E-state index is -1.27. The molecule has 1 aliphatic carbocycles. The number of methoxy groups -OCH3 is 1. The van der Waals surface area contributed by atoms with Crippen molar-refractivity contribution in [2.45, 2.75) is 13.1 Å². The molecule has 3 heterocycles. The maximum Gasteiger partial charge on any atom is 0.354 e. The number of hydrogen-bond acceptors (Lipinski definition) is 12. The van der Waals surface area contributed by atoms with Crippen molar-refractivity contribution in [2.24, 2.45) is 0 Å². The number of esters is 1. The number of nitrogens with one attached hydrogen (secondary N) is 2. The monoisotopic (exact) mass is 823 g/mol. The van der Waals surface area contributed by atoms with Gasteiger partial charge in [-0.15, -0.1) is 0 Å². The second-order valence-electron chi connectivity index (χ2n) is 13.6. The normalized spacial score (nSPS) is 11.2. The summed E-state index contributed by atoms with van der Waals surface area (Å²) in [7, 11) is 1.19. The van der Waals surface area contributed by atoms with E-state index >= 15 is 0 Å². The number of nitrogens with two attached hydrogens (primary N) is 1. The first kappa shape index (κ1) is 38.8. The van der Waals surface area contributed by atoms with Crippen LogP contribution in [0.3, 0.4) is 0 Å². The van der Waals surface area contributed by atoms with E-state index in [4.69, 9.17) is 26.5 Å². The number of ether oxygens (including phenoxy) is 1. The van der Waals surface area contributed by atoms with Gasteiger partial charge in [0.1, 0.15) is 22.7 Å². The first-order chi connectivity index (χ1) is 28.8. The Morgan fingerprint density at radius 1 is 0.733 bits per heavy atom. The zero-order valence-corrected chi connectivity index (χ0v) is 32.0. The third-order valence-electron chi connectivity index (χ3n) is 10.1. The van der Waals surface area contributed by atoms with Gasteiger partial charge in [-0.3, -0.25) is 4.79 Å². The van der Waals surface area contributed by atoms with Gasteiger partial charge in [-0.1, -0.05) is 48.0 Å². The molecule has 7 N–H and O–H groups in total. The third-order valence-corrected chi connectivity index (χ3v) is 10.3. The van der Waals surface area contributed by atoms with Crippen LogP contribution in [0.1, 0.15) is 52.8 Å². The first-order valence-corrected chi connectivity index (χ1v) is 18.4. The molecule has 0 unspecified atom stereocenters. The van der Waals surface area contributed by atoms with Crippen molar-refractivity contribution in [3.05, 3.63) is 146 Å². The van der Waals surface area contributed by atoms with Crippen LogP contribution in [-0.4, -0.2) is 56.3 Å². The van der Waals surface area contributed by atoms with E-state index in [0.717, 1.165) is 0 Å². The Morgan fingerprint density at radius 2 is 1.33 bits per heavy atom. The molecule has 0 radical (unpaired) electrons. The van der Waals surface area contributed by atoms with Gasteiger partial charge in [0.15, 0.2) is 0 Å². The van der Waals surface area contributed by atoms with Gasteiger partial charge in [0.2, 0.25) is 5.43 Å². The van der Waals surface area contributed by atoms with E-state index in [9.17, 15) is 39.3 Å². The van der Waals surface area contributed by atoms with Crippen LogP contribution in [0.5, 0.6) is 0 Å². The van der Waals surface area contributed by atoms with E-state index < -0.39 is 29.3 Å². The highest BCUT2D eigenvalue weighted by molar-refractivity contribution is 6.31. The number of halogens is 1. The molecule has 298 valence electrons. The highest BCUT2D eigenvalue weighted by atomic mass is 35.5. The molecule has 0 fully saturated rings. The number of carboxylic acids is 3. The van der Waals surface area contributed by atoms with Crippen LogP contribution < -0.4 is 21.8 Å². The van der Waals surface area contributed by atoms with E-state index in [0.29, 0.717) is 44.1 Å². The maximum atomic E-state index is 14.1. The molecule has 0 bridgehead atoms. The number of carbonyl (C=O) groups is 4. The zero-order chi connectivity index (χ0) is 42.4. The Labute approximate surface area is 343 Å². The van der Waals surface area contributed by atoms with Gasteiger partial charge in [-0.2, -0.15) is 0 Å². The molecule has 0 atom stereocenters. The van der Waals surface area contributed by atoms with Gasteiger partial charge in [0.05, 0.1) is 51.2 Å². The van der Waals surface area contributed by atoms with Gasteiger partial charge in [-0.25, -0.2) is 29.1 Å². The number of carboxylic acid groups (broad SMARTS) is 3. The lowest BCUT2D eigenvalue weighted by Gasteiger charge is -2.22. The van der Waals surface area contributed by atoms with Crippen molar-refractivity contribution in [1.82, 2.24) is 9.97 Å².